The third-order valence-electron chi connectivity index (χ3n) is 3.71. The lowest BCUT2D eigenvalue weighted by Gasteiger charge is -2.05. The second-order valence-electron chi connectivity index (χ2n) is 5.22. The molecule has 0 atom stereocenters. The highest BCUT2D eigenvalue weighted by Crippen LogP contribution is 2.30. The minimum absolute atomic E-state index is 0.303. The van der Waals surface area contributed by atoms with E-state index in [0.29, 0.717) is 25.3 Å². The van der Waals surface area contributed by atoms with Crippen LogP contribution in [0, 0.1) is 0 Å². The Morgan fingerprint density at radius 1 is 1.22 bits per heavy atom. The lowest BCUT2D eigenvalue weighted by atomic mass is 10.1. The number of benzene rings is 1. The molecule has 0 aliphatic heterocycles. The predicted octanol–water partition coefficient (Wildman–Crippen LogP) is 3.00. The quantitative estimate of drug-likeness (QED) is 0.561. The van der Waals surface area contributed by atoms with Crippen molar-refractivity contribution in [3.8, 4) is 5.75 Å². The molecule has 3 rings (SSSR count). The Balaban J connectivity index is 2.12. The van der Waals surface area contributed by atoms with Gasteiger partial charge in [-0.3, -0.25) is 0 Å². The fourth-order valence-corrected chi connectivity index (χ4v) is 2.70. The number of esters is 1. The highest BCUT2D eigenvalue weighted by Gasteiger charge is 2.19. The summed E-state index contributed by atoms with van der Waals surface area (Å²) in [4.78, 5) is 12.3. The van der Waals surface area contributed by atoms with Crippen LogP contribution in [0.4, 0.5) is 0 Å². The average molecular weight is 312 g/mol. The fraction of sp³-hybridized carbons (Fsp3) is 0.278. The number of nitrogens with zero attached hydrogens (tertiary/aromatic N) is 1. The van der Waals surface area contributed by atoms with Crippen molar-refractivity contribution < 1.29 is 14.3 Å². The largest absolute Gasteiger partial charge is 0.493 e. The van der Waals surface area contributed by atoms with E-state index in [9.17, 15) is 4.79 Å². The van der Waals surface area contributed by atoms with Crippen LogP contribution in [0.3, 0.4) is 0 Å². The van der Waals surface area contributed by atoms with Gasteiger partial charge in [-0.2, -0.15) is 0 Å². The molecule has 3 aromatic rings. The SMILES string of the molecule is CCOC(=O)c1c2ccc(OCCCN)cc2n2ccccc12. The number of carbonyl (C=O) groups excluding carboxylic acids is 1. The summed E-state index contributed by atoms with van der Waals surface area (Å²) in [5.74, 6) is 0.465. The molecule has 0 saturated heterocycles. The van der Waals surface area contributed by atoms with Crippen molar-refractivity contribution in [3.05, 3.63) is 48.2 Å². The summed E-state index contributed by atoms with van der Waals surface area (Å²) in [6.45, 7) is 3.34. The molecular formula is C18H20N2O3. The molecule has 0 unspecified atom stereocenters. The van der Waals surface area contributed by atoms with Gasteiger partial charge in [0.2, 0.25) is 0 Å². The summed E-state index contributed by atoms with van der Waals surface area (Å²) in [5.41, 5.74) is 7.84. The summed E-state index contributed by atoms with van der Waals surface area (Å²) in [7, 11) is 0. The normalized spacial score (nSPS) is 11.0. The standard InChI is InChI=1S/C18H20N2O3/c1-2-22-18(21)17-14-8-7-13(23-11-5-9-19)12-16(14)20-10-4-3-6-15(17)20/h3-4,6-8,10,12H,2,5,9,11,19H2,1H3. The number of carbonyl (C=O) groups is 1. The Labute approximate surface area is 134 Å². The van der Waals surface area contributed by atoms with Crippen molar-refractivity contribution in [3.63, 3.8) is 0 Å². The van der Waals surface area contributed by atoms with Crippen molar-refractivity contribution in [2.45, 2.75) is 13.3 Å². The summed E-state index contributed by atoms with van der Waals surface area (Å²) >= 11 is 0. The van der Waals surface area contributed by atoms with E-state index >= 15 is 0 Å². The van der Waals surface area contributed by atoms with Crippen LogP contribution in [0.2, 0.25) is 0 Å². The van der Waals surface area contributed by atoms with Gasteiger partial charge >= 0.3 is 5.97 Å². The highest BCUT2D eigenvalue weighted by molar-refractivity contribution is 6.11. The van der Waals surface area contributed by atoms with Gasteiger partial charge in [0.15, 0.2) is 0 Å². The van der Waals surface area contributed by atoms with Gasteiger partial charge in [0.05, 0.1) is 29.8 Å². The first kappa shape index (κ1) is 15.4. The molecular weight excluding hydrogens is 292 g/mol. The third-order valence-corrected chi connectivity index (χ3v) is 3.71. The Kier molecular flexibility index (Phi) is 4.48. The predicted molar refractivity (Wildman–Crippen MR) is 90.0 cm³/mol. The van der Waals surface area contributed by atoms with Crippen LogP contribution < -0.4 is 10.5 Å². The summed E-state index contributed by atoms with van der Waals surface area (Å²) in [5, 5.41) is 0.862. The fourth-order valence-electron chi connectivity index (χ4n) is 2.70. The minimum atomic E-state index is -0.303. The van der Waals surface area contributed by atoms with Crippen LogP contribution in [0.5, 0.6) is 5.75 Å². The van der Waals surface area contributed by atoms with Gasteiger partial charge in [0.1, 0.15) is 5.75 Å². The number of ether oxygens (including phenoxy) is 2. The van der Waals surface area contributed by atoms with E-state index in [0.717, 1.165) is 28.6 Å². The number of pyridine rings is 1. The third kappa shape index (κ3) is 2.87. The molecule has 2 N–H and O–H groups in total. The molecule has 2 aromatic heterocycles. The molecule has 0 amide bonds. The van der Waals surface area contributed by atoms with Gasteiger partial charge < -0.3 is 19.6 Å². The van der Waals surface area contributed by atoms with E-state index < -0.39 is 0 Å². The Morgan fingerprint density at radius 3 is 2.87 bits per heavy atom. The summed E-state index contributed by atoms with van der Waals surface area (Å²) < 4.78 is 12.9. The van der Waals surface area contributed by atoms with Crippen molar-refractivity contribution in [1.82, 2.24) is 4.40 Å². The lowest BCUT2D eigenvalue weighted by molar-refractivity contribution is 0.0531. The Morgan fingerprint density at radius 2 is 2.09 bits per heavy atom. The molecule has 0 radical (unpaired) electrons. The first-order valence-corrected chi connectivity index (χ1v) is 7.79. The van der Waals surface area contributed by atoms with E-state index in [-0.39, 0.29) is 5.97 Å². The molecule has 23 heavy (non-hydrogen) atoms. The first-order valence-electron chi connectivity index (χ1n) is 7.79. The molecule has 0 spiro atoms. The van der Waals surface area contributed by atoms with Crippen LogP contribution >= 0.6 is 0 Å². The molecule has 0 fully saturated rings. The molecule has 0 aliphatic rings. The molecule has 0 aliphatic carbocycles. The van der Waals surface area contributed by atoms with E-state index in [4.69, 9.17) is 15.2 Å². The average Bonchev–Trinajstić information content (AvgIpc) is 2.89. The van der Waals surface area contributed by atoms with E-state index in [1.165, 1.54) is 0 Å². The second kappa shape index (κ2) is 6.71. The maximum Gasteiger partial charge on any atom is 0.340 e. The van der Waals surface area contributed by atoms with Gasteiger partial charge in [-0.1, -0.05) is 6.07 Å². The number of hydrogen-bond donors (Lipinski definition) is 1. The molecule has 5 heteroatoms. The van der Waals surface area contributed by atoms with Crippen molar-refractivity contribution in [2.75, 3.05) is 19.8 Å². The van der Waals surface area contributed by atoms with Crippen molar-refractivity contribution in [2.24, 2.45) is 5.73 Å². The first-order chi connectivity index (χ1) is 11.3. The molecule has 120 valence electrons. The maximum atomic E-state index is 12.3. The van der Waals surface area contributed by atoms with Gasteiger partial charge in [0, 0.05) is 17.6 Å². The van der Waals surface area contributed by atoms with Gasteiger partial charge in [-0.15, -0.1) is 0 Å². The molecule has 1 aromatic carbocycles. The van der Waals surface area contributed by atoms with Crippen LogP contribution in [0.1, 0.15) is 23.7 Å². The number of rotatable bonds is 6. The van der Waals surface area contributed by atoms with Crippen molar-refractivity contribution >= 4 is 22.4 Å². The molecule has 2 heterocycles. The van der Waals surface area contributed by atoms with Crippen LogP contribution in [0.15, 0.2) is 42.6 Å². The number of aromatic nitrogens is 1. The smallest absolute Gasteiger partial charge is 0.340 e. The monoisotopic (exact) mass is 312 g/mol. The van der Waals surface area contributed by atoms with Gasteiger partial charge in [-0.05, 0) is 44.2 Å². The van der Waals surface area contributed by atoms with Crippen LogP contribution in [-0.4, -0.2) is 30.1 Å². The lowest BCUT2D eigenvalue weighted by Crippen LogP contribution is -2.06. The zero-order valence-electron chi connectivity index (χ0n) is 13.1. The minimum Gasteiger partial charge on any atom is -0.493 e. The van der Waals surface area contributed by atoms with Crippen LogP contribution in [-0.2, 0) is 4.74 Å². The molecule has 0 saturated carbocycles. The van der Waals surface area contributed by atoms with Gasteiger partial charge in [-0.25, -0.2) is 4.79 Å². The highest BCUT2D eigenvalue weighted by atomic mass is 16.5. The Hall–Kier alpha value is -2.53. The topological polar surface area (TPSA) is 66.0 Å². The van der Waals surface area contributed by atoms with Gasteiger partial charge in [0.25, 0.3) is 0 Å². The molecule has 5 nitrogen and oxygen atoms in total. The zero-order valence-corrected chi connectivity index (χ0v) is 13.1. The number of hydrogen-bond acceptors (Lipinski definition) is 4. The van der Waals surface area contributed by atoms with Crippen LogP contribution in [0.25, 0.3) is 16.4 Å². The molecule has 0 bridgehead atoms. The van der Waals surface area contributed by atoms with E-state index in [2.05, 4.69) is 0 Å². The Bertz CT molecular complexity index is 839. The summed E-state index contributed by atoms with van der Waals surface area (Å²) in [6.07, 6.45) is 2.74. The van der Waals surface area contributed by atoms with E-state index in [1.54, 1.807) is 0 Å². The number of fused-ring (bicyclic) bond motifs is 3. The van der Waals surface area contributed by atoms with E-state index in [1.807, 2.05) is 53.9 Å². The summed E-state index contributed by atoms with van der Waals surface area (Å²) in [6, 6.07) is 11.5. The number of nitrogens with two attached hydrogens (primary N) is 1. The van der Waals surface area contributed by atoms with Crippen molar-refractivity contribution in [1.29, 1.82) is 0 Å². The zero-order chi connectivity index (χ0) is 16.2. The maximum absolute atomic E-state index is 12.3. The second-order valence-corrected chi connectivity index (χ2v) is 5.22.